The van der Waals surface area contributed by atoms with E-state index in [9.17, 15) is 5.11 Å². The van der Waals surface area contributed by atoms with Gasteiger partial charge in [-0.1, -0.05) is 39.0 Å². The Labute approximate surface area is 111 Å². The number of rotatable bonds is 3. The molecule has 1 atom stereocenters. The Hall–Kier alpha value is -1.02. The molecule has 0 saturated carbocycles. The normalized spacial score (nSPS) is 20.8. The molecule has 0 unspecified atom stereocenters. The van der Waals surface area contributed by atoms with Crippen LogP contribution in [0.2, 0.25) is 0 Å². The molecule has 2 heteroatoms. The molecule has 0 aromatic heterocycles. The van der Waals surface area contributed by atoms with E-state index in [0.29, 0.717) is 5.41 Å². The van der Waals surface area contributed by atoms with Gasteiger partial charge in [0.2, 0.25) is 0 Å². The second kappa shape index (κ2) is 5.31. The second-order valence-electron chi connectivity index (χ2n) is 6.13. The van der Waals surface area contributed by atoms with Gasteiger partial charge in [-0.05, 0) is 30.7 Å². The lowest BCUT2D eigenvalue weighted by Gasteiger charge is -2.39. The molecule has 0 amide bonds. The Morgan fingerprint density at radius 3 is 2.44 bits per heavy atom. The van der Waals surface area contributed by atoms with E-state index in [0.717, 1.165) is 25.1 Å². The van der Waals surface area contributed by atoms with Crippen LogP contribution in [0.5, 0.6) is 0 Å². The first-order valence-electron chi connectivity index (χ1n) is 7.05. The zero-order valence-electron chi connectivity index (χ0n) is 11.8. The van der Waals surface area contributed by atoms with E-state index < -0.39 is 0 Å². The fourth-order valence-electron chi connectivity index (χ4n) is 2.63. The van der Waals surface area contributed by atoms with E-state index in [2.05, 4.69) is 36.9 Å². The monoisotopic (exact) mass is 247 g/mol. The summed E-state index contributed by atoms with van der Waals surface area (Å²) in [7, 11) is 0. The van der Waals surface area contributed by atoms with Crippen LogP contribution in [0.4, 0.5) is 5.69 Å². The van der Waals surface area contributed by atoms with Crippen LogP contribution in [0.25, 0.3) is 0 Å². The van der Waals surface area contributed by atoms with Gasteiger partial charge < -0.3 is 10.0 Å². The number of aliphatic hydroxyl groups excluding tert-OH is 1. The van der Waals surface area contributed by atoms with Crippen molar-refractivity contribution in [1.82, 2.24) is 0 Å². The minimum absolute atomic E-state index is 0.337. The first-order valence-corrected chi connectivity index (χ1v) is 7.05. The Balaban J connectivity index is 2.19. The highest BCUT2D eigenvalue weighted by Gasteiger charge is 2.26. The van der Waals surface area contributed by atoms with Crippen molar-refractivity contribution in [1.29, 1.82) is 0 Å². The summed E-state index contributed by atoms with van der Waals surface area (Å²) in [6, 6.07) is 8.29. The highest BCUT2D eigenvalue weighted by molar-refractivity contribution is 5.55. The molecule has 100 valence electrons. The molecule has 1 aromatic rings. The number of anilines is 1. The van der Waals surface area contributed by atoms with Crippen LogP contribution >= 0.6 is 0 Å². The van der Waals surface area contributed by atoms with Crippen molar-refractivity contribution in [3.8, 4) is 0 Å². The largest absolute Gasteiger partial charge is 0.388 e. The maximum Gasteiger partial charge on any atom is 0.0807 e. The molecule has 18 heavy (non-hydrogen) atoms. The maximum atomic E-state index is 10.1. The summed E-state index contributed by atoms with van der Waals surface area (Å²) in [6.07, 6.45) is 2.89. The quantitative estimate of drug-likeness (QED) is 0.879. The average Bonchev–Trinajstić information content (AvgIpc) is 2.38. The molecule has 1 heterocycles. The molecule has 2 nitrogen and oxygen atoms in total. The molecule has 2 rings (SSSR count). The number of nitrogens with zero attached hydrogens (tertiary/aromatic N) is 1. The molecule has 1 N–H and O–H groups in total. The fraction of sp³-hybridized carbons (Fsp3) is 0.625. The molecular formula is C16H25NO. The van der Waals surface area contributed by atoms with Crippen molar-refractivity contribution in [3.05, 3.63) is 29.8 Å². The summed E-state index contributed by atoms with van der Waals surface area (Å²) in [5.41, 5.74) is 2.77. The summed E-state index contributed by atoms with van der Waals surface area (Å²) in [4.78, 5) is 2.43. The van der Waals surface area contributed by atoms with E-state index in [1.54, 1.807) is 0 Å². The predicted molar refractivity (Wildman–Crippen MR) is 76.9 cm³/mol. The van der Waals surface area contributed by atoms with Crippen LogP contribution < -0.4 is 4.90 Å². The van der Waals surface area contributed by atoms with Crippen LogP contribution in [-0.2, 0) is 0 Å². The van der Waals surface area contributed by atoms with E-state index in [1.165, 1.54) is 18.5 Å². The zero-order valence-corrected chi connectivity index (χ0v) is 11.8. The van der Waals surface area contributed by atoms with Crippen molar-refractivity contribution in [2.75, 3.05) is 18.0 Å². The Morgan fingerprint density at radius 1 is 1.22 bits per heavy atom. The Morgan fingerprint density at radius 2 is 1.83 bits per heavy atom. The molecule has 0 spiro atoms. The molecule has 1 aliphatic rings. The molecule has 0 bridgehead atoms. The van der Waals surface area contributed by atoms with Gasteiger partial charge in [-0.15, -0.1) is 0 Å². The highest BCUT2D eigenvalue weighted by atomic mass is 16.3. The van der Waals surface area contributed by atoms with Gasteiger partial charge in [-0.2, -0.15) is 0 Å². The van der Waals surface area contributed by atoms with E-state index in [4.69, 9.17) is 0 Å². The van der Waals surface area contributed by atoms with Gasteiger partial charge in [0.15, 0.2) is 0 Å². The third-order valence-corrected chi connectivity index (χ3v) is 4.14. The van der Waals surface area contributed by atoms with Crippen molar-refractivity contribution in [2.45, 2.75) is 46.1 Å². The molecular weight excluding hydrogens is 222 g/mol. The number of hydrogen-bond donors (Lipinski definition) is 1. The van der Waals surface area contributed by atoms with Gasteiger partial charge in [0.1, 0.15) is 0 Å². The minimum Gasteiger partial charge on any atom is -0.388 e. The van der Waals surface area contributed by atoms with Gasteiger partial charge in [-0.3, -0.25) is 0 Å². The van der Waals surface area contributed by atoms with E-state index in [-0.39, 0.29) is 6.10 Å². The van der Waals surface area contributed by atoms with Crippen molar-refractivity contribution >= 4 is 5.69 Å². The SMILES string of the molecule is CC[C@@H](O)c1ccccc1N1CCC(C)(C)CC1. The van der Waals surface area contributed by atoms with Crippen LogP contribution in [0.1, 0.15) is 51.7 Å². The smallest absolute Gasteiger partial charge is 0.0807 e. The van der Waals surface area contributed by atoms with E-state index in [1.807, 2.05) is 13.0 Å². The summed E-state index contributed by atoms with van der Waals surface area (Å²) >= 11 is 0. The zero-order chi connectivity index (χ0) is 13.2. The molecule has 1 fully saturated rings. The van der Waals surface area contributed by atoms with Gasteiger partial charge >= 0.3 is 0 Å². The topological polar surface area (TPSA) is 23.5 Å². The number of piperidine rings is 1. The summed E-state index contributed by atoms with van der Waals surface area (Å²) in [5.74, 6) is 0. The lowest BCUT2D eigenvalue weighted by Crippen LogP contribution is -2.37. The lowest BCUT2D eigenvalue weighted by atomic mass is 9.82. The standard InChI is InChI=1S/C16H25NO/c1-4-15(18)13-7-5-6-8-14(13)17-11-9-16(2,3)10-12-17/h5-8,15,18H,4,9-12H2,1-3H3/t15-/m1/s1. The average molecular weight is 247 g/mol. The predicted octanol–water partition coefficient (Wildman–Crippen LogP) is 3.76. The molecule has 1 saturated heterocycles. The first kappa shape index (κ1) is 13.4. The Kier molecular flexibility index (Phi) is 3.96. The van der Waals surface area contributed by atoms with Gasteiger partial charge in [-0.25, -0.2) is 0 Å². The Bertz CT molecular complexity index is 390. The molecule has 1 aliphatic heterocycles. The van der Waals surface area contributed by atoms with Crippen LogP contribution in [0, 0.1) is 5.41 Å². The summed E-state index contributed by atoms with van der Waals surface area (Å²) < 4.78 is 0. The first-order chi connectivity index (χ1) is 8.53. The third-order valence-electron chi connectivity index (χ3n) is 4.14. The molecule has 1 aromatic carbocycles. The van der Waals surface area contributed by atoms with E-state index >= 15 is 0 Å². The lowest BCUT2D eigenvalue weighted by molar-refractivity contribution is 0.173. The number of para-hydroxylation sites is 1. The summed E-state index contributed by atoms with van der Waals surface area (Å²) in [5, 5.41) is 10.1. The van der Waals surface area contributed by atoms with Gasteiger partial charge in [0.05, 0.1) is 6.10 Å². The van der Waals surface area contributed by atoms with Crippen molar-refractivity contribution in [2.24, 2.45) is 5.41 Å². The van der Waals surface area contributed by atoms with Crippen molar-refractivity contribution < 1.29 is 5.11 Å². The summed E-state index contributed by atoms with van der Waals surface area (Å²) in [6.45, 7) is 8.91. The molecule has 0 radical (unpaired) electrons. The second-order valence-corrected chi connectivity index (χ2v) is 6.13. The maximum absolute atomic E-state index is 10.1. The molecule has 0 aliphatic carbocycles. The third kappa shape index (κ3) is 2.86. The van der Waals surface area contributed by atoms with Crippen LogP contribution in [0.3, 0.4) is 0 Å². The number of benzene rings is 1. The van der Waals surface area contributed by atoms with Crippen LogP contribution in [0.15, 0.2) is 24.3 Å². The van der Waals surface area contributed by atoms with Crippen molar-refractivity contribution in [3.63, 3.8) is 0 Å². The highest BCUT2D eigenvalue weighted by Crippen LogP contribution is 2.35. The van der Waals surface area contributed by atoms with Crippen LogP contribution in [-0.4, -0.2) is 18.2 Å². The number of hydrogen-bond acceptors (Lipinski definition) is 2. The fourth-order valence-corrected chi connectivity index (χ4v) is 2.63. The van der Waals surface area contributed by atoms with Gasteiger partial charge in [0.25, 0.3) is 0 Å². The minimum atomic E-state index is -0.337. The van der Waals surface area contributed by atoms with Gasteiger partial charge in [0, 0.05) is 24.3 Å². The number of aliphatic hydroxyl groups is 1.